The number of aryl methyl sites for hydroxylation is 2. The second kappa shape index (κ2) is 7.43. The lowest BCUT2D eigenvalue weighted by Gasteiger charge is -2.12. The van der Waals surface area contributed by atoms with Gasteiger partial charge in [0.05, 0.1) is 18.2 Å². The molecule has 0 aliphatic carbocycles. The van der Waals surface area contributed by atoms with E-state index in [0.29, 0.717) is 16.8 Å². The average Bonchev–Trinajstić information content (AvgIpc) is 3.02. The standard InChI is InChI=1S/C18H19N3O3S2/c1-4-11-8-12-16(26-11)20-18(25)21(17(12)23)9-15(22)19-13-7-10(2)5-6-14(13)24-3/h5-8H,4,9H2,1-3H3,(H,19,22)(H,20,25). The zero-order valence-corrected chi connectivity index (χ0v) is 16.3. The summed E-state index contributed by atoms with van der Waals surface area (Å²) in [5, 5.41) is 3.35. The fourth-order valence-corrected chi connectivity index (χ4v) is 3.97. The fraction of sp³-hybridized carbons (Fsp3) is 0.278. The Balaban J connectivity index is 1.91. The molecule has 0 bridgehead atoms. The van der Waals surface area contributed by atoms with Gasteiger partial charge >= 0.3 is 0 Å². The van der Waals surface area contributed by atoms with Crippen molar-refractivity contribution < 1.29 is 9.53 Å². The smallest absolute Gasteiger partial charge is 0.263 e. The number of methoxy groups -OCH3 is 1. The van der Waals surface area contributed by atoms with Crippen molar-refractivity contribution in [2.75, 3.05) is 12.4 Å². The number of nitrogens with one attached hydrogen (secondary N) is 2. The van der Waals surface area contributed by atoms with Crippen molar-refractivity contribution in [2.24, 2.45) is 0 Å². The van der Waals surface area contributed by atoms with Gasteiger partial charge in [-0.3, -0.25) is 14.2 Å². The Hall–Kier alpha value is -2.45. The summed E-state index contributed by atoms with van der Waals surface area (Å²) in [4.78, 5) is 30.1. The molecule has 0 fully saturated rings. The number of hydrogen-bond donors (Lipinski definition) is 2. The zero-order chi connectivity index (χ0) is 18.8. The summed E-state index contributed by atoms with van der Waals surface area (Å²) in [7, 11) is 1.54. The van der Waals surface area contributed by atoms with E-state index >= 15 is 0 Å². The van der Waals surface area contributed by atoms with E-state index in [0.717, 1.165) is 21.7 Å². The fourth-order valence-electron chi connectivity index (χ4n) is 2.67. The molecule has 6 nitrogen and oxygen atoms in total. The minimum absolute atomic E-state index is 0.168. The highest BCUT2D eigenvalue weighted by Crippen LogP contribution is 2.25. The molecule has 0 atom stereocenters. The molecule has 0 radical (unpaired) electrons. The van der Waals surface area contributed by atoms with Gasteiger partial charge in [-0.15, -0.1) is 11.3 Å². The molecule has 1 aromatic carbocycles. The number of rotatable bonds is 5. The number of thiophene rings is 1. The molecular weight excluding hydrogens is 370 g/mol. The number of carbonyl (C=O) groups is 1. The van der Waals surface area contributed by atoms with Gasteiger partial charge in [0.25, 0.3) is 5.56 Å². The van der Waals surface area contributed by atoms with Gasteiger partial charge < -0.3 is 15.0 Å². The van der Waals surface area contributed by atoms with E-state index in [1.807, 2.05) is 32.0 Å². The van der Waals surface area contributed by atoms with Gasteiger partial charge in [0.2, 0.25) is 5.91 Å². The van der Waals surface area contributed by atoms with Gasteiger partial charge in [0.1, 0.15) is 17.1 Å². The first-order chi connectivity index (χ1) is 12.4. The molecule has 0 aliphatic rings. The number of aromatic amines is 1. The third kappa shape index (κ3) is 3.56. The van der Waals surface area contributed by atoms with Crippen molar-refractivity contribution >= 4 is 45.4 Å². The van der Waals surface area contributed by atoms with Crippen LogP contribution in [0.1, 0.15) is 17.4 Å². The topological polar surface area (TPSA) is 76.1 Å². The number of amides is 1. The lowest BCUT2D eigenvalue weighted by atomic mass is 10.2. The summed E-state index contributed by atoms with van der Waals surface area (Å²) < 4.78 is 6.78. The SMILES string of the molecule is CCc1cc2c(=O)n(CC(=O)Nc3cc(C)ccc3OC)c(=S)[nH]c2s1. The average molecular weight is 390 g/mol. The molecule has 3 aromatic rings. The lowest BCUT2D eigenvalue weighted by molar-refractivity contribution is -0.116. The molecule has 26 heavy (non-hydrogen) atoms. The van der Waals surface area contributed by atoms with Crippen LogP contribution in [0.2, 0.25) is 0 Å². The Bertz CT molecular complexity index is 1100. The molecule has 3 rings (SSSR count). The van der Waals surface area contributed by atoms with Crippen molar-refractivity contribution in [1.29, 1.82) is 0 Å². The quantitative estimate of drug-likeness (QED) is 0.653. The van der Waals surface area contributed by atoms with E-state index in [9.17, 15) is 9.59 Å². The largest absolute Gasteiger partial charge is 0.495 e. The van der Waals surface area contributed by atoms with Gasteiger partial charge in [0, 0.05) is 4.88 Å². The van der Waals surface area contributed by atoms with E-state index in [1.54, 1.807) is 6.07 Å². The Morgan fingerprint density at radius 3 is 2.85 bits per heavy atom. The number of ether oxygens (including phenoxy) is 1. The first-order valence-corrected chi connectivity index (χ1v) is 9.35. The molecule has 2 N–H and O–H groups in total. The Kier molecular flexibility index (Phi) is 5.24. The van der Waals surface area contributed by atoms with Gasteiger partial charge in [-0.05, 0) is 49.3 Å². The third-order valence-electron chi connectivity index (χ3n) is 4.00. The van der Waals surface area contributed by atoms with Crippen molar-refractivity contribution in [3.8, 4) is 5.75 Å². The summed E-state index contributed by atoms with van der Waals surface area (Å²) in [5.74, 6) is 0.211. The van der Waals surface area contributed by atoms with Crippen LogP contribution in [-0.2, 0) is 17.8 Å². The lowest BCUT2D eigenvalue weighted by Crippen LogP contribution is -2.28. The Morgan fingerprint density at radius 2 is 2.15 bits per heavy atom. The second-order valence-electron chi connectivity index (χ2n) is 5.88. The van der Waals surface area contributed by atoms with Crippen molar-refractivity contribution in [1.82, 2.24) is 9.55 Å². The summed E-state index contributed by atoms with van der Waals surface area (Å²) >= 11 is 6.78. The van der Waals surface area contributed by atoms with Crippen LogP contribution < -0.4 is 15.6 Å². The van der Waals surface area contributed by atoms with Gasteiger partial charge in [-0.25, -0.2) is 0 Å². The molecule has 2 aromatic heterocycles. The van der Waals surface area contributed by atoms with E-state index in [4.69, 9.17) is 17.0 Å². The Labute approximate surface area is 159 Å². The van der Waals surface area contributed by atoms with Gasteiger partial charge in [-0.2, -0.15) is 0 Å². The molecule has 0 spiro atoms. The van der Waals surface area contributed by atoms with Gasteiger partial charge in [0.15, 0.2) is 4.77 Å². The maximum Gasteiger partial charge on any atom is 0.263 e. The summed E-state index contributed by atoms with van der Waals surface area (Å²) in [5.41, 5.74) is 1.29. The molecule has 0 saturated carbocycles. The number of anilines is 1. The second-order valence-corrected chi connectivity index (χ2v) is 7.41. The molecule has 1 amide bonds. The Morgan fingerprint density at radius 1 is 1.38 bits per heavy atom. The van der Waals surface area contributed by atoms with Crippen molar-refractivity contribution in [2.45, 2.75) is 26.8 Å². The molecular formula is C18H19N3O3S2. The summed E-state index contributed by atoms with van der Waals surface area (Å²) in [6.45, 7) is 3.78. The van der Waals surface area contributed by atoms with Crippen LogP contribution in [0, 0.1) is 11.7 Å². The summed E-state index contributed by atoms with van der Waals surface area (Å²) in [6.07, 6.45) is 0.840. The maximum atomic E-state index is 12.7. The van der Waals surface area contributed by atoms with Crippen LogP contribution in [0.15, 0.2) is 29.1 Å². The van der Waals surface area contributed by atoms with E-state index in [2.05, 4.69) is 10.3 Å². The van der Waals surface area contributed by atoms with E-state index < -0.39 is 0 Å². The monoisotopic (exact) mass is 389 g/mol. The number of fused-ring (bicyclic) bond motifs is 1. The number of nitrogens with zero attached hydrogens (tertiary/aromatic N) is 1. The van der Waals surface area contributed by atoms with Crippen LogP contribution in [0.3, 0.4) is 0 Å². The molecule has 0 aliphatic heterocycles. The van der Waals surface area contributed by atoms with Crippen LogP contribution >= 0.6 is 23.6 Å². The third-order valence-corrected chi connectivity index (χ3v) is 5.52. The minimum atomic E-state index is -0.346. The normalized spacial score (nSPS) is 10.9. The first-order valence-electron chi connectivity index (χ1n) is 8.13. The molecule has 136 valence electrons. The minimum Gasteiger partial charge on any atom is -0.495 e. The van der Waals surface area contributed by atoms with Crippen LogP contribution in [0.5, 0.6) is 5.75 Å². The van der Waals surface area contributed by atoms with Gasteiger partial charge in [-0.1, -0.05) is 13.0 Å². The predicted octanol–water partition coefficient (Wildman–Crippen LogP) is 3.64. The summed E-state index contributed by atoms with van der Waals surface area (Å²) in [6, 6.07) is 7.35. The number of carbonyl (C=O) groups excluding carboxylic acids is 1. The zero-order valence-electron chi connectivity index (χ0n) is 14.7. The number of H-pyrrole nitrogens is 1. The maximum absolute atomic E-state index is 12.7. The predicted molar refractivity (Wildman–Crippen MR) is 107 cm³/mol. The molecule has 0 unspecified atom stereocenters. The van der Waals surface area contributed by atoms with E-state index in [1.165, 1.54) is 23.0 Å². The highest BCUT2D eigenvalue weighted by Gasteiger charge is 2.13. The highest BCUT2D eigenvalue weighted by atomic mass is 32.1. The van der Waals surface area contributed by atoms with Crippen LogP contribution in [0.25, 0.3) is 10.2 Å². The van der Waals surface area contributed by atoms with Crippen molar-refractivity contribution in [3.63, 3.8) is 0 Å². The molecule has 0 saturated heterocycles. The number of hydrogen-bond acceptors (Lipinski definition) is 5. The molecule has 2 heterocycles. The van der Waals surface area contributed by atoms with E-state index in [-0.39, 0.29) is 22.8 Å². The van der Waals surface area contributed by atoms with Crippen LogP contribution in [0.4, 0.5) is 5.69 Å². The van der Waals surface area contributed by atoms with Crippen molar-refractivity contribution in [3.05, 3.63) is 49.8 Å². The van der Waals surface area contributed by atoms with Crippen LogP contribution in [-0.4, -0.2) is 22.6 Å². The molecule has 8 heteroatoms. The number of benzene rings is 1. The number of aromatic nitrogens is 2. The highest BCUT2D eigenvalue weighted by molar-refractivity contribution is 7.71. The first kappa shape index (κ1) is 18.3.